The van der Waals surface area contributed by atoms with E-state index in [-0.39, 0.29) is 5.78 Å². The molecule has 0 bridgehead atoms. The Kier molecular flexibility index (Phi) is 3.50. The Labute approximate surface area is 104 Å². The maximum atomic E-state index is 13.2. The van der Waals surface area contributed by atoms with Gasteiger partial charge in [0.05, 0.1) is 6.20 Å². The molecule has 1 aromatic heterocycles. The van der Waals surface area contributed by atoms with E-state index in [0.717, 1.165) is 12.0 Å². The molecule has 2 rings (SSSR count). The monoisotopic (exact) mass is 247 g/mol. The number of hydrogen-bond acceptors (Lipinski definition) is 3. The normalized spacial score (nSPS) is 10.6. The maximum absolute atomic E-state index is 13.2. The summed E-state index contributed by atoms with van der Waals surface area (Å²) in [6, 6.07) is 4.19. The Morgan fingerprint density at radius 1 is 1.44 bits per heavy atom. The summed E-state index contributed by atoms with van der Waals surface area (Å²) in [5.41, 5.74) is 1.49. The van der Waals surface area contributed by atoms with Crippen LogP contribution in [0, 0.1) is 12.7 Å². The zero-order valence-corrected chi connectivity index (χ0v) is 10.4. The predicted molar refractivity (Wildman–Crippen MR) is 64.9 cm³/mol. The Morgan fingerprint density at radius 3 is 2.94 bits per heavy atom. The largest absolute Gasteiger partial charge is 0.287 e. The smallest absolute Gasteiger partial charge is 0.213 e. The molecule has 0 saturated heterocycles. The zero-order valence-electron chi connectivity index (χ0n) is 10.4. The second-order valence-corrected chi connectivity index (χ2v) is 4.13. The third-order valence-electron chi connectivity index (χ3n) is 2.73. The van der Waals surface area contributed by atoms with Crippen molar-refractivity contribution >= 4 is 5.78 Å². The first-order valence-corrected chi connectivity index (χ1v) is 5.82. The third kappa shape index (κ3) is 2.30. The average Bonchev–Trinajstić information content (AvgIpc) is 2.80. The second-order valence-electron chi connectivity index (χ2n) is 4.13. The average molecular weight is 247 g/mol. The summed E-state index contributed by atoms with van der Waals surface area (Å²) in [5.74, 6) is -0.663. The lowest BCUT2D eigenvalue weighted by molar-refractivity contribution is 0.102. The van der Waals surface area contributed by atoms with Gasteiger partial charge in [0.1, 0.15) is 11.5 Å². The lowest BCUT2D eigenvalue weighted by atomic mass is 10.0. The number of halogens is 1. The van der Waals surface area contributed by atoms with E-state index in [4.69, 9.17) is 0 Å². The van der Waals surface area contributed by atoms with Crippen molar-refractivity contribution in [2.24, 2.45) is 0 Å². The number of rotatable bonds is 4. The molecule has 0 fully saturated rings. The fourth-order valence-corrected chi connectivity index (χ4v) is 1.79. The molecule has 18 heavy (non-hydrogen) atoms. The topological polar surface area (TPSA) is 47.8 Å². The molecule has 0 atom stereocenters. The van der Waals surface area contributed by atoms with Crippen molar-refractivity contribution in [3.63, 3.8) is 0 Å². The first kappa shape index (κ1) is 12.4. The SMILES string of the molecule is CCCn1nncc1C(=O)c1cc(F)ccc1C. The number of carbonyl (C=O) groups excluding carboxylic acids is 1. The zero-order chi connectivity index (χ0) is 13.1. The first-order chi connectivity index (χ1) is 8.63. The minimum atomic E-state index is -0.418. The van der Waals surface area contributed by atoms with Crippen molar-refractivity contribution in [1.29, 1.82) is 0 Å². The summed E-state index contributed by atoms with van der Waals surface area (Å²) in [4.78, 5) is 12.3. The molecule has 0 saturated carbocycles. The van der Waals surface area contributed by atoms with Crippen LogP contribution < -0.4 is 0 Å². The maximum Gasteiger partial charge on any atom is 0.213 e. The number of aryl methyl sites for hydroxylation is 2. The molecule has 0 unspecified atom stereocenters. The molecule has 4 nitrogen and oxygen atoms in total. The third-order valence-corrected chi connectivity index (χ3v) is 2.73. The lowest BCUT2D eigenvalue weighted by Crippen LogP contribution is -2.12. The van der Waals surface area contributed by atoms with E-state index in [1.807, 2.05) is 6.92 Å². The summed E-state index contributed by atoms with van der Waals surface area (Å²) in [5, 5.41) is 7.59. The van der Waals surface area contributed by atoms with Gasteiger partial charge in [-0.15, -0.1) is 5.10 Å². The fourth-order valence-electron chi connectivity index (χ4n) is 1.79. The fraction of sp³-hybridized carbons (Fsp3) is 0.308. The summed E-state index contributed by atoms with van der Waals surface area (Å²) in [6.07, 6.45) is 2.27. The van der Waals surface area contributed by atoms with Crippen LogP contribution in [0.5, 0.6) is 0 Å². The number of nitrogens with zero attached hydrogens (tertiary/aromatic N) is 3. The van der Waals surface area contributed by atoms with E-state index in [0.29, 0.717) is 17.8 Å². The van der Waals surface area contributed by atoms with E-state index >= 15 is 0 Å². The van der Waals surface area contributed by atoms with Crippen molar-refractivity contribution in [2.45, 2.75) is 26.8 Å². The number of aromatic nitrogens is 3. The van der Waals surface area contributed by atoms with Crippen molar-refractivity contribution in [3.8, 4) is 0 Å². The van der Waals surface area contributed by atoms with Gasteiger partial charge in [0.15, 0.2) is 0 Å². The molecule has 0 aliphatic rings. The van der Waals surface area contributed by atoms with Gasteiger partial charge in [-0.2, -0.15) is 0 Å². The molecular weight excluding hydrogens is 233 g/mol. The van der Waals surface area contributed by atoms with Crippen LogP contribution in [-0.2, 0) is 6.54 Å². The number of benzene rings is 1. The van der Waals surface area contributed by atoms with Crippen LogP contribution >= 0.6 is 0 Å². The summed E-state index contributed by atoms with van der Waals surface area (Å²) in [6.45, 7) is 4.39. The number of hydrogen-bond donors (Lipinski definition) is 0. The highest BCUT2D eigenvalue weighted by Crippen LogP contribution is 2.15. The Balaban J connectivity index is 2.41. The standard InChI is InChI=1S/C13H14FN3O/c1-3-6-17-12(8-15-16-17)13(18)11-7-10(14)5-4-9(11)2/h4-5,7-8H,3,6H2,1-2H3. The summed E-state index contributed by atoms with van der Waals surface area (Å²) in [7, 11) is 0. The molecule has 1 heterocycles. The van der Waals surface area contributed by atoms with Crippen LogP contribution in [0.2, 0.25) is 0 Å². The quantitative estimate of drug-likeness (QED) is 0.779. The van der Waals surface area contributed by atoms with Crippen molar-refractivity contribution in [1.82, 2.24) is 15.0 Å². The van der Waals surface area contributed by atoms with E-state index in [2.05, 4.69) is 10.3 Å². The molecular formula is C13H14FN3O. The molecule has 2 aromatic rings. The summed E-state index contributed by atoms with van der Waals surface area (Å²) < 4.78 is 14.8. The molecule has 0 aliphatic carbocycles. The van der Waals surface area contributed by atoms with Gasteiger partial charge >= 0.3 is 0 Å². The molecule has 5 heteroatoms. The van der Waals surface area contributed by atoms with E-state index in [1.165, 1.54) is 18.3 Å². The molecule has 0 radical (unpaired) electrons. The van der Waals surface area contributed by atoms with Gasteiger partial charge in [-0.1, -0.05) is 18.2 Å². The summed E-state index contributed by atoms with van der Waals surface area (Å²) >= 11 is 0. The highest BCUT2D eigenvalue weighted by atomic mass is 19.1. The molecule has 0 spiro atoms. The van der Waals surface area contributed by atoms with Gasteiger partial charge in [-0.3, -0.25) is 4.79 Å². The molecule has 0 N–H and O–H groups in total. The van der Waals surface area contributed by atoms with Crippen LogP contribution in [-0.4, -0.2) is 20.8 Å². The van der Waals surface area contributed by atoms with Gasteiger partial charge in [0.2, 0.25) is 5.78 Å². The molecule has 1 aromatic carbocycles. The highest BCUT2D eigenvalue weighted by molar-refractivity contribution is 6.08. The van der Waals surface area contributed by atoms with Crippen molar-refractivity contribution < 1.29 is 9.18 Å². The Bertz CT molecular complexity index is 577. The van der Waals surface area contributed by atoms with Crippen LogP contribution in [0.1, 0.15) is 35.0 Å². The first-order valence-electron chi connectivity index (χ1n) is 5.82. The minimum Gasteiger partial charge on any atom is -0.287 e. The van der Waals surface area contributed by atoms with Crippen LogP contribution in [0.15, 0.2) is 24.4 Å². The van der Waals surface area contributed by atoms with Gasteiger partial charge in [-0.25, -0.2) is 9.07 Å². The van der Waals surface area contributed by atoms with Crippen LogP contribution in [0.25, 0.3) is 0 Å². The molecule has 94 valence electrons. The molecule has 0 amide bonds. The van der Waals surface area contributed by atoms with Crippen molar-refractivity contribution in [2.75, 3.05) is 0 Å². The number of ketones is 1. The highest BCUT2D eigenvalue weighted by Gasteiger charge is 2.17. The van der Waals surface area contributed by atoms with Crippen LogP contribution in [0.4, 0.5) is 4.39 Å². The second kappa shape index (κ2) is 5.08. The van der Waals surface area contributed by atoms with Gasteiger partial charge in [0, 0.05) is 12.1 Å². The van der Waals surface area contributed by atoms with Gasteiger partial charge in [-0.05, 0) is 31.0 Å². The van der Waals surface area contributed by atoms with Gasteiger partial charge < -0.3 is 0 Å². The predicted octanol–water partition coefficient (Wildman–Crippen LogP) is 2.37. The Hall–Kier alpha value is -2.04. The van der Waals surface area contributed by atoms with Crippen molar-refractivity contribution in [3.05, 3.63) is 47.0 Å². The van der Waals surface area contributed by atoms with Crippen LogP contribution in [0.3, 0.4) is 0 Å². The van der Waals surface area contributed by atoms with E-state index < -0.39 is 5.82 Å². The lowest BCUT2D eigenvalue weighted by Gasteiger charge is -2.06. The minimum absolute atomic E-state index is 0.245. The van der Waals surface area contributed by atoms with Gasteiger partial charge in [0.25, 0.3) is 0 Å². The Morgan fingerprint density at radius 2 is 2.22 bits per heavy atom. The van der Waals surface area contributed by atoms with E-state index in [1.54, 1.807) is 17.7 Å². The number of carbonyl (C=O) groups is 1. The van der Waals surface area contributed by atoms with E-state index in [9.17, 15) is 9.18 Å². The molecule has 0 aliphatic heterocycles.